The molecule has 1 aliphatic rings. The molecule has 1 aromatic rings. The van der Waals surface area contributed by atoms with Crippen molar-refractivity contribution in [2.45, 2.75) is 45.5 Å². The third-order valence-electron chi connectivity index (χ3n) is 4.29. The number of nitrogens with zero attached hydrogens (tertiary/aromatic N) is 2. The number of ether oxygens (including phenoxy) is 2. The molecule has 0 aliphatic carbocycles. The summed E-state index contributed by atoms with van der Waals surface area (Å²) in [5.74, 6) is -1.64. The number of carbonyl (C=O) groups excluding carboxylic acids is 3. The van der Waals surface area contributed by atoms with Crippen molar-refractivity contribution in [3.05, 3.63) is 29.3 Å². The zero-order valence-corrected chi connectivity index (χ0v) is 17.2. The van der Waals surface area contributed by atoms with Crippen LogP contribution in [-0.4, -0.2) is 72.8 Å². The highest BCUT2D eigenvalue weighted by Crippen LogP contribution is 2.27. The maximum atomic E-state index is 12.9. The van der Waals surface area contributed by atoms with Crippen LogP contribution >= 0.6 is 0 Å². The maximum absolute atomic E-state index is 12.9. The topological polar surface area (TPSA) is 96.4 Å². The molecule has 0 bridgehead atoms. The van der Waals surface area contributed by atoms with Gasteiger partial charge in [0.05, 0.1) is 6.61 Å². The molecule has 28 heavy (non-hydrogen) atoms. The molecule has 1 aromatic carbocycles. The van der Waals surface area contributed by atoms with E-state index in [-0.39, 0.29) is 19.1 Å². The van der Waals surface area contributed by atoms with Gasteiger partial charge in [0.2, 0.25) is 0 Å². The third kappa shape index (κ3) is 4.69. The second-order valence-corrected chi connectivity index (χ2v) is 7.91. The lowest BCUT2D eigenvalue weighted by Gasteiger charge is -2.35. The molecular weight excluding hydrogens is 364 g/mol. The Morgan fingerprint density at radius 2 is 1.96 bits per heavy atom. The van der Waals surface area contributed by atoms with Gasteiger partial charge in [-0.05, 0) is 45.4 Å². The Hall–Kier alpha value is -2.45. The number of anilines is 1. The molecule has 1 saturated heterocycles. The lowest BCUT2D eigenvalue weighted by molar-refractivity contribution is -0.177. The van der Waals surface area contributed by atoms with Gasteiger partial charge in [0.1, 0.15) is 5.60 Å². The normalized spacial score (nSPS) is 18.6. The summed E-state index contributed by atoms with van der Waals surface area (Å²) in [6.45, 7) is 7.16. The summed E-state index contributed by atoms with van der Waals surface area (Å²) in [4.78, 5) is 40.4. The number of carbonyl (C=O) groups is 3. The number of esters is 1. The monoisotopic (exact) mass is 392 g/mol. The van der Waals surface area contributed by atoms with E-state index in [4.69, 9.17) is 9.47 Å². The summed E-state index contributed by atoms with van der Waals surface area (Å²) < 4.78 is 10.5. The average molecular weight is 392 g/mol. The molecular formula is C20H28N2O6. The van der Waals surface area contributed by atoms with E-state index in [9.17, 15) is 19.5 Å². The largest absolute Gasteiger partial charge is 0.458 e. The fraction of sp³-hybridized carbons (Fsp3) is 0.550. The molecule has 2 atom stereocenters. The maximum Gasteiger partial charge on any atom is 0.338 e. The van der Waals surface area contributed by atoms with E-state index in [2.05, 4.69) is 0 Å². The number of aliphatic hydroxyl groups excluding tert-OH is 1. The number of hydrogen-bond acceptors (Lipinski definition) is 6. The minimum Gasteiger partial charge on any atom is -0.458 e. The predicted molar refractivity (Wildman–Crippen MR) is 103 cm³/mol. The molecule has 2 rings (SSSR count). The highest BCUT2D eigenvalue weighted by atomic mass is 16.6. The van der Waals surface area contributed by atoms with Crippen molar-refractivity contribution in [3.8, 4) is 0 Å². The molecule has 154 valence electrons. The van der Waals surface area contributed by atoms with E-state index in [0.717, 1.165) is 0 Å². The highest BCUT2D eigenvalue weighted by molar-refractivity contribution is 6.03. The van der Waals surface area contributed by atoms with E-state index in [1.807, 2.05) is 0 Å². The first-order chi connectivity index (χ1) is 12.9. The first-order valence-electron chi connectivity index (χ1n) is 9.09. The van der Waals surface area contributed by atoms with Gasteiger partial charge in [0.15, 0.2) is 12.2 Å². The van der Waals surface area contributed by atoms with Crippen LogP contribution < -0.4 is 4.90 Å². The Bertz CT molecular complexity index is 768. The third-order valence-corrected chi connectivity index (χ3v) is 4.29. The number of morpholine rings is 1. The zero-order valence-electron chi connectivity index (χ0n) is 17.2. The van der Waals surface area contributed by atoms with Gasteiger partial charge in [-0.25, -0.2) is 4.79 Å². The molecule has 0 saturated carbocycles. The van der Waals surface area contributed by atoms with Crippen LogP contribution in [0, 0.1) is 6.92 Å². The smallest absolute Gasteiger partial charge is 0.338 e. The second-order valence-electron chi connectivity index (χ2n) is 7.91. The number of amides is 2. The molecule has 1 N–H and O–H groups in total. The average Bonchev–Trinajstić information content (AvgIpc) is 2.59. The van der Waals surface area contributed by atoms with E-state index >= 15 is 0 Å². The van der Waals surface area contributed by atoms with Crippen LogP contribution in [0.15, 0.2) is 18.2 Å². The Kier molecular flexibility index (Phi) is 6.46. The molecule has 1 aliphatic heterocycles. The van der Waals surface area contributed by atoms with Crippen molar-refractivity contribution in [2.24, 2.45) is 0 Å². The summed E-state index contributed by atoms with van der Waals surface area (Å²) in [6.07, 6.45) is -3.10. The molecule has 0 aromatic heterocycles. The Balaban J connectivity index is 2.29. The van der Waals surface area contributed by atoms with Gasteiger partial charge in [-0.1, -0.05) is 6.07 Å². The summed E-state index contributed by atoms with van der Waals surface area (Å²) in [7, 11) is 3.31. The lowest BCUT2D eigenvalue weighted by atomic mass is 10.0. The van der Waals surface area contributed by atoms with Gasteiger partial charge in [-0.2, -0.15) is 0 Å². The van der Waals surface area contributed by atoms with Crippen LogP contribution in [0.3, 0.4) is 0 Å². The molecule has 0 spiro atoms. The van der Waals surface area contributed by atoms with Crippen molar-refractivity contribution < 1.29 is 29.0 Å². The Morgan fingerprint density at radius 1 is 1.32 bits per heavy atom. The van der Waals surface area contributed by atoms with Crippen molar-refractivity contribution >= 4 is 23.5 Å². The minimum atomic E-state index is -1.73. The van der Waals surface area contributed by atoms with Gasteiger partial charge in [-0.15, -0.1) is 0 Å². The van der Waals surface area contributed by atoms with Gasteiger partial charge < -0.3 is 24.4 Å². The van der Waals surface area contributed by atoms with E-state index < -0.39 is 29.7 Å². The van der Waals surface area contributed by atoms with E-state index in [1.165, 1.54) is 9.80 Å². The van der Waals surface area contributed by atoms with Crippen molar-refractivity contribution in [2.75, 3.05) is 32.1 Å². The number of benzene rings is 1. The van der Waals surface area contributed by atoms with Gasteiger partial charge in [0, 0.05) is 31.9 Å². The molecule has 1 fully saturated rings. The summed E-state index contributed by atoms with van der Waals surface area (Å²) in [6, 6.07) is 5.11. The zero-order chi connectivity index (χ0) is 21.2. The second kappa shape index (κ2) is 8.28. The highest BCUT2D eigenvalue weighted by Gasteiger charge is 2.41. The Morgan fingerprint density at radius 3 is 2.54 bits per heavy atom. The van der Waals surface area contributed by atoms with Gasteiger partial charge >= 0.3 is 5.97 Å². The van der Waals surface area contributed by atoms with Crippen LogP contribution in [-0.2, 0) is 19.1 Å². The van der Waals surface area contributed by atoms with Gasteiger partial charge in [-0.3, -0.25) is 9.59 Å². The molecule has 8 heteroatoms. The molecule has 0 radical (unpaired) electrons. The lowest BCUT2D eigenvalue weighted by Crippen LogP contribution is -2.55. The van der Waals surface area contributed by atoms with E-state index in [0.29, 0.717) is 16.8 Å². The van der Waals surface area contributed by atoms with Crippen LogP contribution in [0.2, 0.25) is 0 Å². The first kappa shape index (κ1) is 21.8. The fourth-order valence-electron chi connectivity index (χ4n) is 2.95. The number of hydrogen-bond donors (Lipinski definition) is 1. The van der Waals surface area contributed by atoms with Crippen LogP contribution in [0.25, 0.3) is 0 Å². The van der Waals surface area contributed by atoms with Crippen LogP contribution in [0.5, 0.6) is 0 Å². The SMILES string of the molecule is Cc1c(C(=O)N(C)C)cccc1N1CCOC(C(O)C(=O)OC(C)(C)C)C1=O. The number of aliphatic hydroxyl groups is 1. The van der Waals surface area contributed by atoms with Gasteiger partial charge in [0.25, 0.3) is 11.8 Å². The fourth-order valence-corrected chi connectivity index (χ4v) is 2.95. The van der Waals surface area contributed by atoms with Crippen LogP contribution in [0.1, 0.15) is 36.7 Å². The van der Waals surface area contributed by atoms with Crippen LogP contribution in [0.4, 0.5) is 5.69 Å². The summed E-state index contributed by atoms with van der Waals surface area (Å²) in [5, 5.41) is 10.3. The minimum absolute atomic E-state index is 0.140. The van der Waals surface area contributed by atoms with Crippen molar-refractivity contribution in [1.29, 1.82) is 0 Å². The predicted octanol–water partition coefficient (Wildman–Crippen LogP) is 1.13. The molecule has 8 nitrogen and oxygen atoms in total. The molecule has 1 heterocycles. The summed E-state index contributed by atoms with van der Waals surface area (Å²) in [5.41, 5.74) is 0.864. The van der Waals surface area contributed by atoms with Crippen molar-refractivity contribution in [3.63, 3.8) is 0 Å². The first-order valence-corrected chi connectivity index (χ1v) is 9.09. The quantitative estimate of drug-likeness (QED) is 0.772. The summed E-state index contributed by atoms with van der Waals surface area (Å²) >= 11 is 0. The Labute approximate surface area is 165 Å². The van der Waals surface area contributed by atoms with E-state index in [1.54, 1.807) is 60.0 Å². The molecule has 2 amide bonds. The standard InChI is InChI=1S/C20H28N2O6/c1-12-13(17(24)21(5)6)8-7-9-14(12)22-10-11-27-16(18(22)25)15(23)19(26)28-20(2,3)4/h7-9,15-16,23H,10-11H2,1-6H3. The molecule has 2 unspecified atom stereocenters. The van der Waals surface area contributed by atoms with Crippen molar-refractivity contribution in [1.82, 2.24) is 4.90 Å². The number of rotatable bonds is 4.